The number of carbonyl (C=O) groups is 1. The second kappa shape index (κ2) is 9.59. The van der Waals surface area contributed by atoms with Crippen molar-refractivity contribution in [1.29, 1.82) is 5.26 Å². The standard InChI is InChI=1S/C23H25N3O3S/c1-4-5-11-29-20-13-16(9-10-19(20)28-3)21-25-22(27)18(14-24)23(30)26(21)17-8-6-7-15(2)12-17/h6-10,12-13,21,30H,4-5,11H2,1-3H3,(H,25,27). The quantitative estimate of drug-likeness (QED) is 0.507. The average molecular weight is 424 g/mol. The number of anilines is 1. The maximum absolute atomic E-state index is 12.6. The summed E-state index contributed by atoms with van der Waals surface area (Å²) in [4.78, 5) is 14.4. The van der Waals surface area contributed by atoms with E-state index < -0.39 is 12.1 Å². The van der Waals surface area contributed by atoms with Crippen LogP contribution in [-0.2, 0) is 4.79 Å². The second-order valence-electron chi connectivity index (χ2n) is 7.01. The first-order chi connectivity index (χ1) is 14.5. The first-order valence-corrected chi connectivity index (χ1v) is 10.3. The zero-order valence-corrected chi connectivity index (χ0v) is 18.2. The Morgan fingerprint density at radius 3 is 2.70 bits per heavy atom. The van der Waals surface area contributed by atoms with Gasteiger partial charge >= 0.3 is 0 Å². The Bertz CT molecular complexity index is 1010. The fraction of sp³-hybridized carbons (Fsp3) is 0.304. The summed E-state index contributed by atoms with van der Waals surface area (Å²) in [6, 6.07) is 15.3. The van der Waals surface area contributed by atoms with Crippen molar-refractivity contribution in [3.63, 3.8) is 0 Å². The molecule has 0 saturated carbocycles. The number of methoxy groups -OCH3 is 1. The number of hydrogen-bond donors (Lipinski definition) is 2. The van der Waals surface area contributed by atoms with Crippen LogP contribution >= 0.6 is 12.6 Å². The third-order valence-electron chi connectivity index (χ3n) is 4.86. The summed E-state index contributed by atoms with van der Waals surface area (Å²) in [6.45, 7) is 4.66. The fourth-order valence-corrected chi connectivity index (χ4v) is 3.67. The number of aryl methyl sites for hydroxylation is 1. The summed E-state index contributed by atoms with van der Waals surface area (Å²) in [5.41, 5.74) is 2.65. The average Bonchev–Trinajstić information content (AvgIpc) is 2.73. The highest BCUT2D eigenvalue weighted by Crippen LogP contribution is 2.38. The minimum atomic E-state index is -0.552. The van der Waals surface area contributed by atoms with Crippen LogP contribution in [0.25, 0.3) is 0 Å². The molecule has 1 amide bonds. The lowest BCUT2D eigenvalue weighted by molar-refractivity contribution is -0.118. The first kappa shape index (κ1) is 21.6. The summed E-state index contributed by atoms with van der Waals surface area (Å²) < 4.78 is 11.3. The van der Waals surface area contributed by atoms with Crippen LogP contribution in [0.1, 0.15) is 37.1 Å². The number of rotatable bonds is 7. The Hall–Kier alpha value is -3.11. The number of unbranched alkanes of at least 4 members (excludes halogenated alkanes) is 1. The largest absolute Gasteiger partial charge is 0.493 e. The number of ether oxygens (including phenoxy) is 2. The van der Waals surface area contributed by atoms with Crippen molar-refractivity contribution in [3.05, 3.63) is 64.2 Å². The molecule has 0 fully saturated rings. The Kier molecular flexibility index (Phi) is 6.91. The van der Waals surface area contributed by atoms with Crippen molar-refractivity contribution >= 4 is 24.2 Å². The minimum absolute atomic E-state index is 0.0241. The molecule has 1 unspecified atom stereocenters. The molecule has 1 heterocycles. The number of nitrogens with zero attached hydrogens (tertiary/aromatic N) is 2. The van der Waals surface area contributed by atoms with E-state index in [1.807, 2.05) is 60.4 Å². The van der Waals surface area contributed by atoms with Gasteiger partial charge in [0.1, 0.15) is 17.8 Å². The number of hydrogen-bond acceptors (Lipinski definition) is 6. The van der Waals surface area contributed by atoms with Crippen LogP contribution in [-0.4, -0.2) is 19.6 Å². The number of benzene rings is 2. The van der Waals surface area contributed by atoms with Gasteiger partial charge in [0.05, 0.1) is 18.7 Å². The molecule has 1 atom stereocenters. The fourth-order valence-electron chi connectivity index (χ4n) is 3.29. The van der Waals surface area contributed by atoms with Crippen molar-refractivity contribution in [1.82, 2.24) is 5.32 Å². The van der Waals surface area contributed by atoms with E-state index in [0.717, 1.165) is 29.7 Å². The summed E-state index contributed by atoms with van der Waals surface area (Å²) >= 11 is 4.55. The van der Waals surface area contributed by atoms with Gasteiger partial charge in [-0.15, -0.1) is 12.6 Å². The molecule has 3 rings (SSSR count). The van der Waals surface area contributed by atoms with Crippen LogP contribution in [0.4, 0.5) is 5.69 Å². The highest BCUT2D eigenvalue weighted by Gasteiger charge is 2.34. The van der Waals surface area contributed by atoms with E-state index in [2.05, 4.69) is 24.9 Å². The monoisotopic (exact) mass is 423 g/mol. The second-order valence-corrected chi connectivity index (χ2v) is 7.43. The van der Waals surface area contributed by atoms with Gasteiger partial charge in [0.25, 0.3) is 5.91 Å². The predicted octanol–water partition coefficient (Wildman–Crippen LogP) is 4.48. The topological polar surface area (TPSA) is 74.6 Å². The molecule has 2 aromatic rings. The highest BCUT2D eigenvalue weighted by molar-refractivity contribution is 7.84. The third kappa shape index (κ3) is 4.39. The number of nitriles is 1. The van der Waals surface area contributed by atoms with Crippen molar-refractivity contribution in [2.45, 2.75) is 32.9 Å². The lowest BCUT2D eigenvalue weighted by atomic mass is 10.1. The zero-order chi connectivity index (χ0) is 21.7. The van der Waals surface area contributed by atoms with Gasteiger partial charge in [0, 0.05) is 5.69 Å². The molecule has 0 saturated heterocycles. The van der Waals surface area contributed by atoms with E-state index in [-0.39, 0.29) is 5.57 Å². The van der Waals surface area contributed by atoms with Gasteiger partial charge < -0.3 is 19.7 Å². The van der Waals surface area contributed by atoms with Gasteiger partial charge in [-0.1, -0.05) is 31.5 Å². The molecule has 156 valence electrons. The number of amides is 1. The Labute approximate surface area is 182 Å². The maximum atomic E-state index is 12.6. The molecule has 0 spiro atoms. The van der Waals surface area contributed by atoms with Crippen molar-refractivity contribution in [3.8, 4) is 17.6 Å². The van der Waals surface area contributed by atoms with Gasteiger partial charge in [0.2, 0.25) is 0 Å². The van der Waals surface area contributed by atoms with Crippen LogP contribution in [0.3, 0.4) is 0 Å². The molecule has 2 aromatic carbocycles. The maximum Gasteiger partial charge on any atom is 0.266 e. The smallest absolute Gasteiger partial charge is 0.266 e. The molecule has 0 aliphatic carbocycles. The van der Waals surface area contributed by atoms with Crippen LogP contribution in [0.15, 0.2) is 53.1 Å². The number of carbonyl (C=O) groups excluding carboxylic acids is 1. The SMILES string of the molecule is CCCCOc1cc(C2NC(=O)C(C#N)=C(S)N2c2cccc(C)c2)ccc1OC. The molecule has 0 radical (unpaired) electrons. The van der Waals surface area contributed by atoms with Crippen molar-refractivity contribution in [2.24, 2.45) is 0 Å². The summed E-state index contributed by atoms with van der Waals surface area (Å²) in [6.07, 6.45) is 1.40. The highest BCUT2D eigenvalue weighted by atomic mass is 32.1. The minimum Gasteiger partial charge on any atom is -0.493 e. The molecule has 1 aliphatic heterocycles. The molecule has 0 aromatic heterocycles. The van der Waals surface area contributed by atoms with Crippen LogP contribution in [0.5, 0.6) is 11.5 Å². The first-order valence-electron chi connectivity index (χ1n) is 9.81. The van der Waals surface area contributed by atoms with E-state index >= 15 is 0 Å². The number of thiol groups is 1. The third-order valence-corrected chi connectivity index (χ3v) is 5.29. The normalized spacial score (nSPS) is 16.2. The lowest BCUT2D eigenvalue weighted by Gasteiger charge is -2.38. The summed E-state index contributed by atoms with van der Waals surface area (Å²) in [5.74, 6) is 0.775. The molecule has 1 aliphatic rings. The molecular formula is C23H25N3O3S. The summed E-state index contributed by atoms with van der Waals surface area (Å²) in [5, 5.41) is 12.7. The van der Waals surface area contributed by atoms with E-state index in [1.54, 1.807) is 7.11 Å². The van der Waals surface area contributed by atoms with Gasteiger partial charge in [0.15, 0.2) is 11.5 Å². The van der Waals surface area contributed by atoms with Crippen LogP contribution < -0.4 is 19.7 Å². The van der Waals surface area contributed by atoms with Gasteiger partial charge in [-0.05, 0) is 48.7 Å². The van der Waals surface area contributed by atoms with E-state index in [1.165, 1.54) is 0 Å². The van der Waals surface area contributed by atoms with E-state index in [0.29, 0.717) is 23.1 Å². The molecular weight excluding hydrogens is 398 g/mol. The van der Waals surface area contributed by atoms with Crippen LogP contribution in [0, 0.1) is 18.3 Å². The van der Waals surface area contributed by atoms with Crippen molar-refractivity contribution in [2.75, 3.05) is 18.6 Å². The Morgan fingerprint density at radius 1 is 1.23 bits per heavy atom. The predicted molar refractivity (Wildman–Crippen MR) is 120 cm³/mol. The molecule has 6 nitrogen and oxygen atoms in total. The van der Waals surface area contributed by atoms with E-state index in [9.17, 15) is 10.1 Å². The number of nitrogens with one attached hydrogen (secondary N) is 1. The lowest BCUT2D eigenvalue weighted by Crippen LogP contribution is -2.46. The van der Waals surface area contributed by atoms with Crippen LogP contribution in [0.2, 0.25) is 0 Å². The molecule has 7 heteroatoms. The Morgan fingerprint density at radius 2 is 2.03 bits per heavy atom. The molecule has 30 heavy (non-hydrogen) atoms. The van der Waals surface area contributed by atoms with Crippen molar-refractivity contribution < 1.29 is 14.3 Å². The molecule has 0 bridgehead atoms. The Balaban J connectivity index is 2.08. The van der Waals surface area contributed by atoms with Gasteiger partial charge in [-0.2, -0.15) is 5.26 Å². The van der Waals surface area contributed by atoms with Gasteiger partial charge in [-0.3, -0.25) is 4.79 Å². The summed E-state index contributed by atoms with van der Waals surface area (Å²) in [7, 11) is 1.59. The molecule has 1 N–H and O–H groups in total. The van der Waals surface area contributed by atoms with E-state index in [4.69, 9.17) is 9.47 Å². The van der Waals surface area contributed by atoms with Gasteiger partial charge in [-0.25, -0.2) is 0 Å². The zero-order valence-electron chi connectivity index (χ0n) is 17.3.